The van der Waals surface area contributed by atoms with E-state index in [0.717, 1.165) is 16.9 Å². The number of nitrogens with one attached hydrogen (secondary N) is 1. The molecule has 0 aliphatic carbocycles. The molecule has 0 unspecified atom stereocenters. The largest absolute Gasteiger partial charge is 0.370 e. The number of benzene rings is 1. The third kappa shape index (κ3) is 1.89. The molecule has 0 aromatic heterocycles. The summed E-state index contributed by atoms with van der Waals surface area (Å²) in [6.45, 7) is 6.97. The molecule has 1 heterocycles. The van der Waals surface area contributed by atoms with Crippen LogP contribution in [0.2, 0.25) is 0 Å². The Labute approximate surface area is 102 Å². The summed E-state index contributed by atoms with van der Waals surface area (Å²) in [4.78, 5) is 14.0. The number of hydrogen-bond acceptors (Lipinski definition) is 3. The molecule has 0 spiro atoms. The smallest absolute Gasteiger partial charge is 0.252 e. The van der Waals surface area contributed by atoms with Gasteiger partial charge in [0.15, 0.2) is 0 Å². The number of amides is 1. The molecule has 0 saturated heterocycles. The summed E-state index contributed by atoms with van der Waals surface area (Å²) in [5.74, 6) is 0.105. The molecule has 0 saturated carbocycles. The standard InChI is InChI=1S/C13H19N3O/c1-4-16-11-6-5-9(8-14)7-10(11)15-13(2,3)12(16)17/h5-7,15H,4,8,14H2,1-3H3. The normalized spacial score (nSPS) is 17.6. The molecule has 1 aromatic carbocycles. The van der Waals surface area contributed by atoms with Gasteiger partial charge in [-0.05, 0) is 38.5 Å². The van der Waals surface area contributed by atoms with E-state index in [0.29, 0.717) is 13.1 Å². The molecule has 1 aliphatic heterocycles. The fourth-order valence-corrected chi connectivity index (χ4v) is 2.20. The Morgan fingerprint density at radius 1 is 1.41 bits per heavy atom. The summed E-state index contributed by atoms with van der Waals surface area (Å²) >= 11 is 0. The van der Waals surface area contributed by atoms with Crippen LogP contribution in [0, 0.1) is 0 Å². The highest BCUT2D eigenvalue weighted by atomic mass is 16.2. The molecule has 4 heteroatoms. The summed E-state index contributed by atoms with van der Waals surface area (Å²) in [6.07, 6.45) is 0. The van der Waals surface area contributed by atoms with Gasteiger partial charge >= 0.3 is 0 Å². The van der Waals surface area contributed by atoms with Crippen LogP contribution in [0.15, 0.2) is 18.2 Å². The molecule has 1 aliphatic rings. The zero-order chi connectivity index (χ0) is 12.6. The van der Waals surface area contributed by atoms with E-state index >= 15 is 0 Å². The van der Waals surface area contributed by atoms with Gasteiger partial charge in [-0.3, -0.25) is 4.79 Å². The van der Waals surface area contributed by atoms with Crippen LogP contribution in [-0.2, 0) is 11.3 Å². The lowest BCUT2D eigenvalue weighted by Gasteiger charge is -2.39. The van der Waals surface area contributed by atoms with Gasteiger partial charge in [-0.1, -0.05) is 6.07 Å². The van der Waals surface area contributed by atoms with Gasteiger partial charge in [0.1, 0.15) is 5.54 Å². The number of likely N-dealkylation sites (N-methyl/N-ethyl adjacent to an activating group) is 1. The Balaban J connectivity index is 2.52. The Hall–Kier alpha value is -1.55. The fourth-order valence-electron chi connectivity index (χ4n) is 2.20. The first kappa shape index (κ1) is 11.9. The zero-order valence-electron chi connectivity index (χ0n) is 10.6. The van der Waals surface area contributed by atoms with Gasteiger partial charge in [-0.2, -0.15) is 0 Å². The van der Waals surface area contributed by atoms with Crippen LogP contribution in [0.25, 0.3) is 0 Å². The third-order valence-electron chi connectivity index (χ3n) is 3.13. The first-order valence-corrected chi connectivity index (χ1v) is 5.92. The van der Waals surface area contributed by atoms with Crippen molar-refractivity contribution in [2.45, 2.75) is 32.9 Å². The van der Waals surface area contributed by atoms with E-state index < -0.39 is 5.54 Å². The second kappa shape index (κ2) is 4.04. The van der Waals surface area contributed by atoms with Crippen LogP contribution in [0.1, 0.15) is 26.3 Å². The zero-order valence-corrected chi connectivity index (χ0v) is 10.6. The van der Waals surface area contributed by atoms with Crippen LogP contribution in [0.4, 0.5) is 11.4 Å². The van der Waals surface area contributed by atoms with Gasteiger partial charge in [0.05, 0.1) is 11.4 Å². The molecule has 3 N–H and O–H groups in total. The Morgan fingerprint density at radius 3 is 2.71 bits per heavy atom. The van der Waals surface area contributed by atoms with Crippen molar-refractivity contribution in [3.63, 3.8) is 0 Å². The van der Waals surface area contributed by atoms with Crippen LogP contribution in [0.5, 0.6) is 0 Å². The third-order valence-corrected chi connectivity index (χ3v) is 3.13. The maximum absolute atomic E-state index is 12.2. The minimum absolute atomic E-state index is 0.105. The molecule has 2 rings (SSSR count). The second-order valence-corrected chi connectivity index (χ2v) is 4.86. The van der Waals surface area contributed by atoms with Crippen molar-refractivity contribution in [3.05, 3.63) is 23.8 Å². The maximum atomic E-state index is 12.2. The molecular formula is C13H19N3O. The van der Waals surface area contributed by atoms with Gasteiger partial charge in [-0.25, -0.2) is 0 Å². The Kier molecular flexibility index (Phi) is 2.83. The first-order valence-electron chi connectivity index (χ1n) is 5.92. The van der Waals surface area contributed by atoms with Crippen molar-refractivity contribution in [1.29, 1.82) is 0 Å². The fraction of sp³-hybridized carbons (Fsp3) is 0.462. The molecular weight excluding hydrogens is 214 g/mol. The highest BCUT2D eigenvalue weighted by Crippen LogP contribution is 2.35. The number of rotatable bonds is 2. The van der Waals surface area contributed by atoms with Crippen LogP contribution in [0.3, 0.4) is 0 Å². The lowest BCUT2D eigenvalue weighted by molar-refractivity contribution is -0.122. The monoisotopic (exact) mass is 233 g/mol. The molecule has 1 amide bonds. The summed E-state index contributed by atoms with van der Waals surface area (Å²) in [5, 5.41) is 3.28. The maximum Gasteiger partial charge on any atom is 0.252 e. The predicted molar refractivity (Wildman–Crippen MR) is 70.1 cm³/mol. The van der Waals surface area contributed by atoms with E-state index in [4.69, 9.17) is 5.73 Å². The molecule has 4 nitrogen and oxygen atoms in total. The van der Waals surface area contributed by atoms with E-state index in [2.05, 4.69) is 5.32 Å². The summed E-state index contributed by atoms with van der Waals surface area (Å²) in [6, 6.07) is 5.95. The highest BCUT2D eigenvalue weighted by Gasteiger charge is 2.37. The highest BCUT2D eigenvalue weighted by molar-refractivity contribution is 6.07. The van der Waals surface area contributed by atoms with Crippen LogP contribution < -0.4 is 16.0 Å². The Morgan fingerprint density at radius 2 is 2.12 bits per heavy atom. The van der Waals surface area contributed by atoms with Crippen molar-refractivity contribution in [1.82, 2.24) is 0 Å². The molecule has 0 atom stereocenters. The van der Waals surface area contributed by atoms with Gasteiger partial charge in [0.25, 0.3) is 5.91 Å². The molecule has 17 heavy (non-hydrogen) atoms. The number of anilines is 2. The first-order chi connectivity index (χ1) is 7.99. The van der Waals surface area contributed by atoms with Gasteiger partial charge < -0.3 is 16.0 Å². The molecule has 0 fully saturated rings. The minimum Gasteiger partial charge on any atom is -0.370 e. The summed E-state index contributed by atoms with van der Waals surface area (Å²) in [5.41, 5.74) is 8.07. The number of nitrogens with two attached hydrogens (primary N) is 1. The number of carbonyl (C=O) groups excluding carboxylic acids is 1. The van der Waals surface area contributed by atoms with E-state index in [9.17, 15) is 4.79 Å². The van der Waals surface area contributed by atoms with Gasteiger partial charge in [0.2, 0.25) is 0 Å². The summed E-state index contributed by atoms with van der Waals surface area (Å²) < 4.78 is 0. The molecule has 92 valence electrons. The predicted octanol–water partition coefficient (Wildman–Crippen LogP) is 1.70. The average Bonchev–Trinajstić information content (AvgIpc) is 2.30. The van der Waals surface area contributed by atoms with Crippen molar-refractivity contribution in [2.75, 3.05) is 16.8 Å². The van der Waals surface area contributed by atoms with E-state index in [1.54, 1.807) is 0 Å². The van der Waals surface area contributed by atoms with Gasteiger partial charge in [-0.15, -0.1) is 0 Å². The van der Waals surface area contributed by atoms with E-state index in [1.165, 1.54) is 0 Å². The topological polar surface area (TPSA) is 58.4 Å². The van der Waals surface area contributed by atoms with Crippen LogP contribution in [-0.4, -0.2) is 18.0 Å². The Bertz CT molecular complexity index is 454. The molecule has 1 aromatic rings. The van der Waals surface area contributed by atoms with Crippen molar-refractivity contribution >= 4 is 17.3 Å². The number of carbonyl (C=O) groups is 1. The van der Waals surface area contributed by atoms with Gasteiger partial charge in [0, 0.05) is 13.1 Å². The quantitative estimate of drug-likeness (QED) is 0.817. The number of nitrogens with zero attached hydrogens (tertiary/aromatic N) is 1. The van der Waals surface area contributed by atoms with Crippen molar-refractivity contribution in [2.24, 2.45) is 5.73 Å². The minimum atomic E-state index is -0.559. The van der Waals surface area contributed by atoms with Crippen LogP contribution >= 0.6 is 0 Å². The number of fused-ring (bicyclic) bond motifs is 1. The van der Waals surface area contributed by atoms with Crippen molar-refractivity contribution in [3.8, 4) is 0 Å². The lowest BCUT2D eigenvalue weighted by Crippen LogP contribution is -2.53. The lowest BCUT2D eigenvalue weighted by atomic mass is 9.97. The molecule has 0 bridgehead atoms. The second-order valence-electron chi connectivity index (χ2n) is 4.86. The SMILES string of the molecule is CCN1C(=O)C(C)(C)Nc2cc(CN)ccc21. The van der Waals surface area contributed by atoms with E-state index in [1.807, 2.05) is 43.9 Å². The summed E-state index contributed by atoms with van der Waals surface area (Å²) in [7, 11) is 0. The van der Waals surface area contributed by atoms with E-state index in [-0.39, 0.29) is 5.91 Å². The molecule has 0 radical (unpaired) electrons. The average molecular weight is 233 g/mol. The number of hydrogen-bond donors (Lipinski definition) is 2. The van der Waals surface area contributed by atoms with Crippen molar-refractivity contribution < 1.29 is 4.79 Å².